The van der Waals surface area contributed by atoms with Crippen molar-refractivity contribution in [1.82, 2.24) is 16.0 Å². The Morgan fingerprint density at radius 2 is 1.95 bits per heavy atom. The van der Waals surface area contributed by atoms with E-state index < -0.39 is 0 Å². The molecule has 0 saturated carbocycles. The number of piperidine rings is 1. The fourth-order valence-corrected chi connectivity index (χ4v) is 2.13. The molecule has 0 aromatic carbocycles. The van der Waals surface area contributed by atoms with Gasteiger partial charge in [0.05, 0.1) is 13.2 Å². The largest absolute Gasteiger partial charge is 0.383 e. The standard InChI is InChI=1S/C13H25N3O3/c1-19-9-8-15-13(18)10-16-12(17)3-2-11-4-6-14-7-5-11/h11,14H,2-10H2,1H3,(H,15,18)(H,16,17). The van der Waals surface area contributed by atoms with E-state index in [0.29, 0.717) is 25.5 Å². The molecule has 0 aromatic rings. The number of carbonyl (C=O) groups is 2. The molecule has 0 spiro atoms. The van der Waals surface area contributed by atoms with Crippen molar-refractivity contribution >= 4 is 11.8 Å². The average Bonchev–Trinajstić information content (AvgIpc) is 2.44. The van der Waals surface area contributed by atoms with E-state index in [2.05, 4.69) is 16.0 Å². The summed E-state index contributed by atoms with van der Waals surface area (Å²) in [5.41, 5.74) is 0. The van der Waals surface area contributed by atoms with Crippen LogP contribution in [0.1, 0.15) is 25.7 Å². The number of hydrogen-bond acceptors (Lipinski definition) is 4. The highest BCUT2D eigenvalue weighted by Crippen LogP contribution is 2.17. The summed E-state index contributed by atoms with van der Waals surface area (Å²) in [6.45, 7) is 3.10. The number of ether oxygens (including phenoxy) is 1. The molecule has 0 aromatic heterocycles. The van der Waals surface area contributed by atoms with Crippen LogP contribution in [-0.2, 0) is 14.3 Å². The molecule has 1 aliphatic rings. The molecule has 6 heteroatoms. The van der Waals surface area contributed by atoms with Gasteiger partial charge in [0, 0.05) is 20.1 Å². The van der Waals surface area contributed by atoms with Crippen molar-refractivity contribution in [1.29, 1.82) is 0 Å². The maximum atomic E-state index is 11.6. The Morgan fingerprint density at radius 3 is 2.63 bits per heavy atom. The minimum atomic E-state index is -0.174. The van der Waals surface area contributed by atoms with Crippen LogP contribution in [0.3, 0.4) is 0 Å². The van der Waals surface area contributed by atoms with Gasteiger partial charge in [0.15, 0.2) is 0 Å². The molecule has 110 valence electrons. The minimum absolute atomic E-state index is 0.0413. The van der Waals surface area contributed by atoms with Crippen molar-refractivity contribution in [2.24, 2.45) is 5.92 Å². The molecular weight excluding hydrogens is 246 g/mol. The van der Waals surface area contributed by atoms with Gasteiger partial charge in [0.25, 0.3) is 0 Å². The second kappa shape index (κ2) is 9.75. The van der Waals surface area contributed by atoms with Crippen LogP contribution in [0.15, 0.2) is 0 Å². The lowest BCUT2D eigenvalue weighted by molar-refractivity contribution is -0.126. The summed E-state index contributed by atoms with van der Waals surface area (Å²) >= 11 is 0. The van der Waals surface area contributed by atoms with Crippen molar-refractivity contribution < 1.29 is 14.3 Å². The van der Waals surface area contributed by atoms with E-state index in [1.165, 1.54) is 0 Å². The van der Waals surface area contributed by atoms with Crippen LogP contribution in [0.5, 0.6) is 0 Å². The maximum Gasteiger partial charge on any atom is 0.239 e. The molecule has 2 amide bonds. The van der Waals surface area contributed by atoms with Crippen molar-refractivity contribution in [3.63, 3.8) is 0 Å². The van der Waals surface area contributed by atoms with Crippen LogP contribution in [0.25, 0.3) is 0 Å². The highest BCUT2D eigenvalue weighted by atomic mass is 16.5. The zero-order chi connectivity index (χ0) is 13.9. The molecule has 0 bridgehead atoms. The van der Waals surface area contributed by atoms with Gasteiger partial charge in [0.2, 0.25) is 11.8 Å². The molecule has 1 saturated heterocycles. The second-order valence-electron chi connectivity index (χ2n) is 4.85. The van der Waals surface area contributed by atoms with E-state index in [1.807, 2.05) is 0 Å². The van der Waals surface area contributed by atoms with Crippen LogP contribution in [0.4, 0.5) is 0 Å². The van der Waals surface area contributed by atoms with E-state index >= 15 is 0 Å². The van der Waals surface area contributed by atoms with Gasteiger partial charge < -0.3 is 20.7 Å². The first-order valence-corrected chi connectivity index (χ1v) is 6.95. The number of rotatable bonds is 8. The maximum absolute atomic E-state index is 11.6. The van der Waals surface area contributed by atoms with Crippen molar-refractivity contribution in [2.75, 3.05) is 39.9 Å². The van der Waals surface area contributed by atoms with Gasteiger partial charge in [-0.1, -0.05) is 0 Å². The SMILES string of the molecule is COCCNC(=O)CNC(=O)CCC1CCNCC1. The fourth-order valence-electron chi connectivity index (χ4n) is 2.13. The molecule has 6 nitrogen and oxygen atoms in total. The number of carbonyl (C=O) groups excluding carboxylic acids is 2. The van der Waals surface area contributed by atoms with Gasteiger partial charge in [-0.25, -0.2) is 0 Å². The summed E-state index contributed by atoms with van der Waals surface area (Å²) in [5, 5.41) is 8.60. The summed E-state index contributed by atoms with van der Waals surface area (Å²) in [5.74, 6) is 0.426. The number of methoxy groups -OCH3 is 1. The molecule has 1 rings (SSSR count). The highest BCUT2D eigenvalue weighted by molar-refractivity contribution is 5.84. The van der Waals surface area contributed by atoms with E-state index in [0.717, 1.165) is 32.4 Å². The van der Waals surface area contributed by atoms with E-state index in [1.54, 1.807) is 7.11 Å². The summed E-state index contributed by atoms with van der Waals surface area (Å²) in [4.78, 5) is 22.9. The zero-order valence-corrected chi connectivity index (χ0v) is 11.7. The third-order valence-electron chi connectivity index (χ3n) is 3.31. The Balaban J connectivity index is 2.02. The predicted octanol–water partition coefficient (Wildman–Crippen LogP) is -0.355. The first kappa shape index (κ1) is 15.9. The lowest BCUT2D eigenvalue weighted by Crippen LogP contribution is -2.38. The van der Waals surface area contributed by atoms with Crippen molar-refractivity contribution in [3.05, 3.63) is 0 Å². The Hall–Kier alpha value is -1.14. The number of nitrogens with one attached hydrogen (secondary N) is 3. The summed E-state index contributed by atoms with van der Waals surface area (Å²) in [6, 6.07) is 0. The lowest BCUT2D eigenvalue weighted by Gasteiger charge is -2.22. The summed E-state index contributed by atoms with van der Waals surface area (Å²) in [7, 11) is 1.58. The fraction of sp³-hybridized carbons (Fsp3) is 0.846. The van der Waals surface area contributed by atoms with Gasteiger partial charge >= 0.3 is 0 Å². The van der Waals surface area contributed by atoms with Crippen LogP contribution >= 0.6 is 0 Å². The molecule has 1 heterocycles. The molecule has 0 aliphatic carbocycles. The van der Waals surface area contributed by atoms with Gasteiger partial charge in [-0.15, -0.1) is 0 Å². The number of hydrogen-bond donors (Lipinski definition) is 3. The van der Waals surface area contributed by atoms with Crippen LogP contribution < -0.4 is 16.0 Å². The molecule has 3 N–H and O–H groups in total. The van der Waals surface area contributed by atoms with Crippen LogP contribution in [0, 0.1) is 5.92 Å². The quantitative estimate of drug-likeness (QED) is 0.527. The molecule has 0 atom stereocenters. The van der Waals surface area contributed by atoms with Gasteiger partial charge in [-0.3, -0.25) is 9.59 Å². The first-order valence-electron chi connectivity index (χ1n) is 6.95. The van der Waals surface area contributed by atoms with E-state index in [9.17, 15) is 9.59 Å². The van der Waals surface area contributed by atoms with E-state index in [4.69, 9.17) is 4.74 Å². The molecule has 1 fully saturated rings. The predicted molar refractivity (Wildman–Crippen MR) is 72.7 cm³/mol. The number of amides is 2. The Morgan fingerprint density at radius 1 is 1.21 bits per heavy atom. The normalized spacial score (nSPS) is 16.1. The van der Waals surface area contributed by atoms with E-state index in [-0.39, 0.29) is 18.4 Å². The minimum Gasteiger partial charge on any atom is -0.383 e. The zero-order valence-electron chi connectivity index (χ0n) is 11.7. The van der Waals surface area contributed by atoms with Crippen molar-refractivity contribution in [2.45, 2.75) is 25.7 Å². The Labute approximate surface area is 114 Å². The van der Waals surface area contributed by atoms with Crippen molar-refractivity contribution in [3.8, 4) is 0 Å². The molecule has 0 radical (unpaired) electrons. The third kappa shape index (κ3) is 7.79. The Bertz CT molecular complexity index is 278. The topological polar surface area (TPSA) is 79.5 Å². The third-order valence-corrected chi connectivity index (χ3v) is 3.31. The monoisotopic (exact) mass is 271 g/mol. The molecular formula is C13H25N3O3. The van der Waals surface area contributed by atoms with Gasteiger partial charge in [0.1, 0.15) is 0 Å². The summed E-state index contributed by atoms with van der Waals surface area (Å²) in [6.07, 6.45) is 3.71. The highest BCUT2D eigenvalue weighted by Gasteiger charge is 2.14. The molecule has 1 aliphatic heterocycles. The van der Waals surface area contributed by atoms with Gasteiger partial charge in [-0.05, 0) is 38.3 Å². The van der Waals surface area contributed by atoms with Crippen LogP contribution in [-0.4, -0.2) is 51.7 Å². The molecule has 19 heavy (non-hydrogen) atoms. The molecule has 0 unspecified atom stereocenters. The second-order valence-corrected chi connectivity index (χ2v) is 4.85. The van der Waals surface area contributed by atoms with Gasteiger partial charge in [-0.2, -0.15) is 0 Å². The summed E-state index contributed by atoms with van der Waals surface area (Å²) < 4.78 is 4.82. The smallest absolute Gasteiger partial charge is 0.239 e. The van der Waals surface area contributed by atoms with Crippen LogP contribution in [0.2, 0.25) is 0 Å². The Kier molecular flexibility index (Phi) is 8.16. The first-order chi connectivity index (χ1) is 9.22. The lowest BCUT2D eigenvalue weighted by atomic mass is 9.93. The average molecular weight is 271 g/mol.